The fourth-order valence-electron chi connectivity index (χ4n) is 3.34. The normalized spacial score (nSPS) is 17.5. The maximum absolute atomic E-state index is 5.68. The first kappa shape index (κ1) is 20.3. The van der Waals surface area contributed by atoms with E-state index < -0.39 is 0 Å². The summed E-state index contributed by atoms with van der Waals surface area (Å²) in [4.78, 5) is 6.89. The standard InChI is InChI=1S/C22H32N4/c1-3-5-12-21(24-4-2)17-26(14-9-8-13-23)18-22-15-19-10-6-7-11-20(19)16-25-22/h3-7,10-12,22,25H,1-2,8-9,13-18,23H2/b12-5-,24-21+/t22-/m1/s1. The van der Waals surface area contributed by atoms with Crippen LogP contribution in [-0.4, -0.2) is 42.8 Å². The Balaban J connectivity index is 2.02. The number of hydrogen-bond acceptors (Lipinski definition) is 4. The number of nitrogens with two attached hydrogens (primary N) is 1. The molecule has 0 unspecified atom stereocenters. The van der Waals surface area contributed by atoms with Gasteiger partial charge in [0.05, 0.1) is 5.71 Å². The van der Waals surface area contributed by atoms with Gasteiger partial charge in [-0.05, 0) is 49.6 Å². The van der Waals surface area contributed by atoms with Crippen molar-refractivity contribution >= 4 is 5.71 Å². The lowest BCUT2D eigenvalue weighted by Crippen LogP contribution is -2.46. The number of nitrogens with zero attached hydrogens (tertiary/aromatic N) is 2. The summed E-state index contributed by atoms with van der Waals surface area (Å²) >= 11 is 0. The molecule has 0 bridgehead atoms. The molecule has 26 heavy (non-hydrogen) atoms. The van der Waals surface area contributed by atoms with E-state index in [0.29, 0.717) is 6.04 Å². The number of unbranched alkanes of at least 4 members (excludes halogenated alkanes) is 1. The average molecular weight is 353 g/mol. The zero-order chi connectivity index (χ0) is 18.6. The van der Waals surface area contributed by atoms with E-state index in [-0.39, 0.29) is 0 Å². The van der Waals surface area contributed by atoms with Crippen LogP contribution < -0.4 is 11.1 Å². The summed E-state index contributed by atoms with van der Waals surface area (Å²) in [5.74, 6) is 0. The van der Waals surface area contributed by atoms with Crippen molar-refractivity contribution in [1.82, 2.24) is 10.2 Å². The molecule has 1 aliphatic rings. The second kappa shape index (κ2) is 11.6. The van der Waals surface area contributed by atoms with E-state index in [9.17, 15) is 0 Å². The molecular weight excluding hydrogens is 320 g/mol. The summed E-state index contributed by atoms with van der Waals surface area (Å²) in [7, 11) is 0. The molecule has 0 aliphatic carbocycles. The molecule has 0 fully saturated rings. The highest BCUT2D eigenvalue weighted by atomic mass is 15.2. The zero-order valence-corrected chi connectivity index (χ0v) is 15.7. The van der Waals surface area contributed by atoms with E-state index >= 15 is 0 Å². The van der Waals surface area contributed by atoms with Gasteiger partial charge in [-0.15, -0.1) is 0 Å². The first-order chi connectivity index (χ1) is 12.8. The highest BCUT2D eigenvalue weighted by Gasteiger charge is 2.20. The van der Waals surface area contributed by atoms with Crippen LogP contribution in [-0.2, 0) is 13.0 Å². The first-order valence-electron chi connectivity index (χ1n) is 9.46. The van der Waals surface area contributed by atoms with E-state index in [2.05, 4.69) is 52.6 Å². The topological polar surface area (TPSA) is 53.6 Å². The number of hydrogen-bond donors (Lipinski definition) is 2. The highest BCUT2D eigenvalue weighted by Crippen LogP contribution is 2.17. The Kier molecular flexibility index (Phi) is 9.04. The van der Waals surface area contributed by atoms with Crippen LogP contribution in [0.25, 0.3) is 0 Å². The van der Waals surface area contributed by atoms with Gasteiger partial charge in [-0.1, -0.05) is 49.6 Å². The second-order valence-corrected chi connectivity index (χ2v) is 6.68. The molecule has 0 aromatic heterocycles. The van der Waals surface area contributed by atoms with E-state index in [1.54, 1.807) is 12.3 Å². The van der Waals surface area contributed by atoms with Crippen molar-refractivity contribution in [2.75, 3.05) is 26.2 Å². The molecular formula is C22H32N4. The van der Waals surface area contributed by atoms with Crippen molar-refractivity contribution in [2.45, 2.75) is 31.8 Å². The Morgan fingerprint density at radius 1 is 1.27 bits per heavy atom. The van der Waals surface area contributed by atoms with E-state index in [4.69, 9.17) is 5.73 Å². The molecule has 1 atom stereocenters. The molecule has 140 valence electrons. The number of benzene rings is 1. The van der Waals surface area contributed by atoms with Crippen molar-refractivity contribution in [3.63, 3.8) is 0 Å². The lowest BCUT2D eigenvalue weighted by atomic mass is 9.95. The summed E-state index contributed by atoms with van der Waals surface area (Å²) in [5, 5.41) is 3.68. The van der Waals surface area contributed by atoms with Crippen molar-refractivity contribution in [1.29, 1.82) is 0 Å². The molecule has 4 nitrogen and oxygen atoms in total. The molecule has 0 saturated heterocycles. The largest absolute Gasteiger partial charge is 0.330 e. The number of allylic oxidation sites excluding steroid dienone is 2. The fraction of sp³-hybridized carbons (Fsp3) is 0.409. The summed E-state index contributed by atoms with van der Waals surface area (Å²) in [6, 6.07) is 9.17. The SMILES string of the molecule is C=C/C=C\C(CN(CCCCN)C[C@H]1Cc2ccccc2CN1)=N/C=C. The summed E-state index contributed by atoms with van der Waals surface area (Å²) in [6.45, 7) is 12.0. The molecule has 3 N–H and O–H groups in total. The van der Waals surface area contributed by atoms with Crippen molar-refractivity contribution in [3.05, 3.63) is 73.0 Å². The van der Waals surface area contributed by atoms with Crippen LogP contribution in [0.5, 0.6) is 0 Å². The van der Waals surface area contributed by atoms with Crippen LogP contribution in [0.1, 0.15) is 24.0 Å². The van der Waals surface area contributed by atoms with Crippen LogP contribution in [0.4, 0.5) is 0 Å². The van der Waals surface area contributed by atoms with Gasteiger partial charge in [0, 0.05) is 31.9 Å². The number of rotatable bonds is 11. The third-order valence-corrected chi connectivity index (χ3v) is 4.64. The van der Waals surface area contributed by atoms with Crippen molar-refractivity contribution in [3.8, 4) is 0 Å². The second-order valence-electron chi connectivity index (χ2n) is 6.68. The van der Waals surface area contributed by atoms with Gasteiger partial charge >= 0.3 is 0 Å². The number of fused-ring (bicyclic) bond motifs is 1. The molecule has 0 amide bonds. The van der Waals surface area contributed by atoms with E-state index in [0.717, 1.165) is 57.7 Å². The Morgan fingerprint density at radius 2 is 2.08 bits per heavy atom. The molecule has 0 radical (unpaired) electrons. The smallest absolute Gasteiger partial charge is 0.0543 e. The summed E-state index contributed by atoms with van der Waals surface area (Å²) < 4.78 is 0. The maximum Gasteiger partial charge on any atom is 0.0543 e. The van der Waals surface area contributed by atoms with Gasteiger partial charge in [0.1, 0.15) is 0 Å². The maximum atomic E-state index is 5.68. The zero-order valence-electron chi connectivity index (χ0n) is 15.7. The third kappa shape index (κ3) is 6.71. The Morgan fingerprint density at radius 3 is 2.81 bits per heavy atom. The quantitative estimate of drug-likeness (QED) is 0.366. The van der Waals surface area contributed by atoms with Gasteiger partial charge in [0.25, 0.3) is 0 Å². The lowest BCUT2D eigenvalue weighted by molar-refractivity contribution is 0.259. The highest BCUT2D eigenvalue weighted by molar-refractivity contribution is 5.97. The van der Waals surface area contributed by atoms with Gasteiger partial charge in [-0.3, -0.25) is 9.89 Å². The van der Waals surface area contributed by atoms with Crippen LogP contribution in [0.15, 0.2) is 66.8 Å². The minimum absolute atomic E-state index is 0.455. The fourth-order valence-corrected chi connectivity index (χ4v) is 3.34. The molecule has 1 heterocycles. The summed E-state index contributed by atoms with van der Waals surface area (Å²) in [5.41, 5.74) is 9.56. The predicted molar refractivity (Wildman–Crippen MR) is 112 cm³/mol. The Bertz CT molecular complexity index is 633. The van der Waals surface area contributed by atoms with Crippen LogP contribution >= 0.6 is 0 Å². The molecule has 2 rings (SSSR count). The van der Waals surface area contributed by atoms with Gasteiger partial charge < -0.3 is 11.1 Å². The molecule has 1 aliphatic heterocycles. The molecule has 1 aromatic rings. The predicted octanol–water partition coefficient (Wildman–Crippen LogP) is 3.07. The lowest BCUT2D eigenvalue weighted by Gasteiger charge is -2.31. The minimum Gasteiger partial charge on any atom is -0.330 e. The number of aliphatic imine (C=N–C) groups is 1. The van der Waals surface area contributed by atoms with Gasteiger partial charge in [-0.25, -0.2) is 0 Å². The van der Waals surface area contributed by atoms with Crippen molar-refractivity contribution in [2.24, 2.45) is 10.7 Å². The van der Waals surface area contributed by atoms with Crippen LogP contribution in [0.2, 0.25) is 0 Å². The molecule has 0 saturated carbocycles. The monoisotopic (exact) mass is 352 g/mol. The van der Waals surface area contributed by atoms with E-state index in [1.807, 2.05) is 12.2 Å². The van der Waals surface area contributed by atoms with Gasteiger partial charge in [0.2, 0.25) is 0 Å². The average Bonchev–Trinajstić information content (AvgIpc) is 2.66. The van der Waals surface area contributed by atoms with E-state index in [1.165, 1.54) is 11.1 Å². The van der Waals surface area contributed by atoms with Crippen LogP contribution in [0, 0.1) is 0 Å². The van der Waals surface area contributed by atoms with Crippen LogP contribution in [0.3, 0.4) is 0 Å². The minimum atomic E-state index is 0.455. The molecule has 1 aromatic carbocycles. The van der Waals surface area contributed by atoms with Gasteiger partial charge in [-0.2, -0.15) is 0 Å². The third-order valence-electron chi connectivity index (χ3n) is 4.64. The first-order valence-corrected chi connectivity index (χ1v) is 9.46. The molecule has 4 heteroatoms. The number of nitrogens with one attached hydrogen (secondary N) is 1. The summed E-state index contributed by atoms with van der Waals surface area (Å²) in [6.07, 6.45) is 10.5. The molecule has 0 spiro atoms. The van der Waals surface area contributed by atoms with Gasteiger partial charge in [0.15, 0.2) is 0 Å². The van der Waals surface area contributed by atoms with Crippen molar-refractivity contribution < 1.29 is 0 Å². The Hall–Kier alpha value is -2.01. The Labute approximate surface area is 158 Å².